The molecule has 0 heterocycles. The number of nitrogens with two attached hydrogens (primary N) is 1. The van der Waals surface area contributed by atoms with Gasteiger partial charge in [0.2, 0.25) is 0 Å². The van der Waals surface area contributed by atoms with Crippen molar-refractivity contribution in [2.45, 2.75) is 19.9 Å². The highest BCUT2D eigenvalue weighted by Crippen LogP contribution is 2.18. The second-order valence-corrected chi connectivity index (χ2v) is 3.76. The number of carbonyl (C=O) groups is 1. The van der Waals surface area contributed by atoms with E-state index in [-0.39, 0.29) is 0 Å². The molecule has 4 heteroatoms. The maximum atomic E-state index is 11.3. The van der Waals surface area contributed by atoms with Crippen LogP contribution in [0.1, 0.15) is 25.5 Å². The summed E-state index contributed by atoms with van der Waals surface area (Å²) in [5.74, 6) is -0.416. The van der Waals surface area contributed by atoms with E-state index < -0.39 is 12.0 Å². The third-order valence-electron chi connectivity index (χ3n) is 2.84. The molecule has 0 aliphatic rings. The van der Waals surface area contributed by atoms with E-state index in [9.17, 15) is 4.79 Å². The zero-order valence-electron chi connectivity index (χ0n) is 10.6. The van der Waals surface area contributed by atoms with Crippen molar-refractivity contribution in [3.05, 3.63) is 29.8 Å². The molecule has 4 nitrogen and oxygen atoms in total. The van der Waals surface area contributed by atoms with Crippen LogP contribution in [0.5, 0.6) is 0 Å². The van der Waals surface area contributed by atoms with Crippen molar-refractivity contribution in [1.82, 2.24) is 0 Å². The lowest BCUT2D eigenvalue weighted by Gasteiger charge is -2.21. The number of hydrogen-bond donors (Lipinski definition) is 1. The number of rotatable bonds is 5. The molecule has 0 bridgehead atoms. The fourth-order valence-corrected chi connectivity index (χ4v) is 1.74. The van der Waals surface area contributed by atoms with Gasteiger partial charge in [-0.05, 0) is 31.5 Å². The van der Waals surface area contributed by atoms with Gasteiger partial charge in [-0.1, -0.05) is 12.1 Å². The van der Waals surface area contributed by atoms with Crippen molar-refractivity contribution in [1.29, 1.82) is 0 Å². The smallest absolute Gasteiger partial charge is 0.327 e. The largest absolute Gasteiger partial charge is 0.468 e. The van der Waals surface area contributed by atoms with E-state index in [4.69, 9.17) is 5.73 Å². The Bertz CT molecular complexity index is 358. The first kappa shape index (κ1) is 13.5. The minimum absolute atomic E-state index is 0.416. The van der Waals surface area contributed by atoms with Crippen LogP contribution < -0.4 is 10.6 Å². The highest BCUT2D eigenvalue weighted by molar-refractivity contribution is 5.77. The maximum absolute atomic E-state index is 11.3. The zero-order valence-corrected chi connectivity index (χ0v) is 10.6. The van der Waals surface area contributed by atoms with Crippen molar-refractivity contribution in [2.24, 2.45) is 5.73 Å². The van der Waals surface area contributed by atoms with E-state index >= 15 is 0 Å². The summed E-state index contributed by atoms with van der Waals surface area (Å²) in [7, 11) is 1.34. The molecule has 0 aromatic heterocycles. The van der Waals surface area contributed by atoms with Crippen LogP contribution in [0.25, 0.3) is 0 Å². The molecule has 2 N–H and O–H groups in total. The normalized spacial score (nSPS) is 12.0. The third-order valence-corrected chi connectivity index (χ3v) is 2.84. The SMILES string of the molecule is CCN(CC)c1ccc(C(N)C(=O)OC)cc1. The van der Waals surface area contributed by atoms with Crippen LogP contribution in [-0.4, -0.2) is 26.2 Å². The van der Waals surface area contributed by atoms with Gasteiger partial charge in [-0.3, -0.25) is 4.79 Å². The molecule has 0 amide bonds. The van der Waals surface area contributed by atoms with Gasteiger partial charge in [-0.25, -0.2) is 0 Å². The van der Waals surface area contributed by atoms with Gasteiger partial charge in [0, 0.05) is 18.8 Å². The van der Waals surface area contributed by atoms with Crippen LogP contribution in [0, 0.1) is 0 Å². The molecule has 94 valence electrons. The molecular formula is C13H20N2O2. The van der Waals surface area contributed by atoms with Crippen molar-refractivity contribution >= 4 is 11.7 Å². The lowest BCUT2D eigenvalue weighted by molar-refractivity contribution is -0.142. The number of methoxy groups -OCH3 is 1. The number of ether oxygens (including phenoxy) is 1. The van der Waals surface area contributed by atoms with Gasteiger partial charge in [-0.2, -0.15) is 0 Å². The van der Waals surface area contributed by atoms with E-state index in [0.29, 0.717) is 0 Å². The zero-order chi connectivity index (χ0) is 12.8. The summed E-state index contributed by atoms with van der Waals surface area (Å²) < 4.78 is 4.61. The Labute approximate surface area is 102 Å². The Morgan fingerprint density at radius 2 is 1.82 bits per heavy atom. The second kappa shape index (κ2) is 6.25. The summed E-state index contributed by atoms with van der Waals surface area (Å²) in [6.45, 7) is 6.13. The van der Waals surface area contributed by atoms with Gasteiger partial charge in [0.25, 0.3) is 0 Å². The molecule has 1 rings (SSSR count). The molecule has 1 aromatic rings. The van der Waals surface area contributed by atoms with E-state index in [1.54, 1.807) is 0 Å². The average Bonchev–Trinajstić information content (AvgIpc) is 2.39. The molecular weight excluding hydrogens is 216 g/mol. The fourth-order valence-electron chi connectivity index (χ4n) is 1.74. The Morgan fingerprint density at radius 3 is 2.24 bits per heavy atom. The van der Waals surface area contributed by atoms with Crippen molar-refractivity contribution in [2.75, 3.05) is 25.1 Å². The third kappa shape index (κ3) is 3.20. The van der Waals surface area contributed by atoms with Gasteiger partial charge in [0.1, 0.15) is 6.04 Å². The quantitative estimate of drug-likeness (QED) is 0.791. The summed E-state index contributed by atoms with van der Waals surface area (Å²) in [6, 6.07) is 6.99. The van der Waals surface area contributed by atoms with Crippen LogP contribution in [-0.2, 0) is 9.53 Å². The minimum Gasteiger partial charge on any atom is -0.468 e. The molecule has 0 spiro atoms. The highest BCUT2D eigenvalue weighted by atomic mass is 16.5. The van der Waals surface area contributed by atoms with Crippen LogP contribution in [0.4, 0.5) is 5.69 Å². The Kier molecular flexibility index (Phi) is 4.97. The van der Waals surface area contributed by atoms with Gasteiger partial charge in [0.05, 0.1) is 7.11 Å². The van der Waals surface area contributed by atoms with Gasteiger partial charge in [0.15, 0.2) is 0 Å². The molecule has 1 atom stereocenters. The van der Waals surface area contributed by atoms with Crippen molar-refractivity contribution in [3.63, 3.8) is 0 Å². The molecule has 0 saturated heterocycles. The maximum Gasteiger partial charge on any atom is 0.327 e. The summed E-state index contributed by atoms with van der Waals surface area (Å²) in [6.07, 6.45) is 0. The molecule has 0 aliphatic carbocycles. The number of benzene rings is 1. The van der Waals surface area contributed by atoms with Crippen LogP contribution in [0.2, 0.25) is 0 Å². The average molecular weight is 236 g/mol. The predicted octanol–water partition coefficient (Wildman–Crippen LogP) is 1.71. The topological polar surface area (TPSA) is 55.6 Å². The van der Waals surface area contributed by atoms with Crippen LogP contribution in [0.15, 0.2) is 24.3 Å². The van der Waals surface area contributed by atoms with E-state index in [1.807, 2.05) is 24.3 Å². The summed E-state index contributed by atoms with van der Waals surface area (Å²) >= 11 is 0. The molecule has 0 radical (unpaired) electrons. The number of esters is 1. The van der Waals surface area contributed by atoms with E-state index in [2.05, 4.69) is 23.5 Å². The standard InChI is InChI=1S/C13H20N2O2/c1-4-15(5-2)11-8-6-10(7-9-11)12(14)13(16)17-3/h6-9,12H,4-5,14H2,1-3H3. The molecule has 1 aromatic carbocycles. The van der Waals surface area contributed by atoms with Gasteiger partial charge < -0.3 is 15.4 Å². The number of anilines is 1. The lowest BCUT2D eigenvalue weighted by Crippen LogP contribution is -2.24. The van der Waals surface area contributed by atoms with Crippen LogP contribution >= 0.6 is 0 Å². The van der Waals surface area contributed by atoms with Gasteiger partial charge >= 0.3 is 5.97 Å². The van der Waals surface area contributed by atoms with E-state index in [0.717, 1.165) is 24.3 Å². The lowest BCUT2D eigenvalue weighted by atomic mass is 10.1. The fraction of sp³-hybridized carbons (Fsp3) is 0.462. The van der Waals surface area contributed by atoms with Crippen molar-refractivity contribution < 1.29 is 9.53 Å². The molecule has 0 aliphatic heterocycles. The van der Waals surface area contributed by atoms with E-state index in [1.165, 1.54) is 7.11 Å². The predicted molar refractivity (Wildman–Crippen MR) is 68.9 cm³/mol. The number of carbonyl (C=O) groups excluding carboxylic acids is 1. The van der Waals surface area contributed by atoms with Gasteiger partial charge in [-0.15, -0.1) is 0 Å². The van der Waals surface area contributed by atoms with Crippen LogP contribution in [0.3, 0.4) is 0 Å². The first-order chi connectivity index (χ1) is 8.13. The minimum atomic E-state index is -0.703. The molecule has 17 heavy (non-hydrogen) atoms. The first-order valence-electron chi connectivity index (χ1n) is 5.82. The Morgan fingerprint density at radius 1 is 1.29 bits per heavy atom. The molecule has 1 unspecified atom stereocenters. The van der Waals surface area contributed by atoms with Crippen molar-refractivity contribution in [3.8, 4) is 0 Å². The Hall–Kier alpha value is -1.55. The highest BCUT2D eigenvalue weighted by Gasteiger charge is 2.15. The second-order valence-electron chi connectivity index (χ2n) is 3.76. The number of nitrogens with zero attached hydrogens (tertiary/aromatic N) is 1. The molecule has 0 fully saturated rings. The summed E-state index contributed by atoms with van der Waals surface area (Å²) in [5.41, 5.74) is 7.66. The Balaban J connectivity index is 2.84. The monoisotopic (exact) mass is 236 g/mol. The molecule has 0 saturated carbocycles. The summed E-state index contributed by atoms with van der Waals surface area (Å²) in [5, 5.41) is 0. The summed E-state index contributed by atoms with van der Waals surface area (Å²) in [4.78, 5) is 13.5. The first-order valence-corrected chi connectivity index (χ1v) is 5.82. The number of hydrogen-bond acceptors (Lipinski definition) is 4.